The predicted molar refractivity (Wildman–Crippen MR) is 70.7 cm³/mol. The summed E-state index contributed by atoms with van der Waals surface area (Å²) in [6.45, 7) is 1.81. The molecule has 1 aromatic carbocycles. The Hall–Kier alpha value is -0.980. The van der Waals surface area contributed by atoms with Gasteiger partial charge in [-0.15, -0.1) is 0 Å². The van der Waals surface area contributed by atoms with Crippen molar-refractivity contribution < 1.29 is 4.79 Å². The molecular weight excluding hydrogens is 305 g/mol. The summed E-state index contributed by atoms with van der Waals surface area (Å²) >= 11 is 2.18. The van der Waals surface area contributed by atoms with E-state index in [-0.39, 0.29) is 11.9 Å². The van der Waals surface area contributed by atoms with Crippen LogP contribution in [0.3, 0.4) is 0 Å². The van der Waals surface area contributed by atoms with Crippen LogP contribution in [0.2, 0.25) is 0 Å². The van der Waals surface area contributed by atoms with Gasteiger partial charge in [0.2, 0.25) is 5.91 Å². The van der Waals surface area contributed by atoms with Gasteiger partial charge in [-0.25, -0.2) is 0 Å². The van der Waals surface area contributed by atoms with Crippen LogP contribution < -0.4 is 16.4 Å². The van der Waals surface area contributed by atoms with Crippen LogP contribution in [0, 0.1) is 3.57 Å². The van der Waals surface area contributed by atoms with Crippen LogP contribution >= 0.6 is 22.6 Å². The molecule has 82 valence electrons. The van der Waals surface area contributed by atoms with Crippen molar-refractivity contribution in [2.75, 3.05) is 18.1 Å². The number of rotatable bonds is 3. The number of anilines is 2. The first-order chi connectivity index (χ1) is 7.04. The average Bonchev–Trinajstić information content (AvgIpc) is 2.20. The zero-order valence-electron chi connectivity index (χ0n) is 8.67. The lowest BCUT2D eigenvalue weighted by Gasteiger charge is -2.15. The number of carbonyl (C=O) groups is 1. The van der Waals surface area contributed by atoms with Crippen LogP contribution in [-0.4, -0.2) is 19.0 Å². The number of halogens is 1. The first-order valence-electron chi connectivity index (χ1n) is 4.57. The summed E-state index contributed by atoms with van der Waals surface area (Å²) in [5.41, 5.74) is 7.27. The fourth-order valence-electron chi connectivity index (χ4n) is 1.16. The van der Waals surface area contributed by atoms with E-state index in [4.69, 9.17) is 5.73 Å². The Bertz CT molecular complexity index is 368. The van der Waals surface area contributed by atoms with Crippen molar-refractivity contribution in [3.63, 3.8) is 0 Å². The summed E-state index contributed by atoms with van der Waals surface area (Å²) in [7, 11) is 1.62. The van der Waals surface area contributed by atoms with Crippen LogP contribution in [-0.2, 0) is 4.79 Å². The molecular formula is C10H14IN3O. The number of nitrogen functional groups attached to an aromatic ring is 1. The standard InChI is InChI=1S/C10H14IN3O/c1-6(10(15)13-2)14-9-4-3-7(12)5-8(9)11/h3-6,14H,12H2,1-2H3,(H,13,15). The highest BCUT2D eigenvalue weighted by Crippen LogP contribution is 2.21. The molecule has 15 heavy (non-hydrogen) atoms. The molecule has 0 saturated heterocycles. The molecule has 1 atom stereocenters. The van der Waals surface area contributed by atoms with Crippen molar-refractivity contribution >= 4 is 39.9 Å². The van der Waals surface area contributed by atoms with E-state index < -0.39 is 0 Å². The highest BCUT2D eigenvalue weighted by molar-refractivity contribution is 14.1. The molecule has 4 N–H and O–H groups in total. The third-order valence-electron chi connectivity index (χ3n) is 2.00. The molecule has 1 rings (SSSR count). The molecule has 0 aliphatic heterocycles. The zero-order valence-corrected chi connectivity index (χ0v) is 10.8. The number of nitrogens with one attached hydrogen (secondary N) is 2. The maximum atomic E-state index is 11.3. The molecule has 0 aromatic heterocycles. The largest absolute Gasteiger partial charge is 0.399 e. The van der Waals surface area contributed by atoms with Crippen LogP contribution in [0.1, 0.15) is 6.92 Å². The van der Waals surface area contributed by atoms with E-state index in [0.717, 1.165) is 14.9 Å². The Morgan fingerprint density at radius 3 is 2.73 bits per heavy atom. The predicted octanol–water partition coefficient (Wildman–Crippen LogP) is 1.42. The summed E-state index contributed by atoms with van der Waals surface area (Å²) in [4.78, 5) is 11.3. The second-order valence-electron chi connectivity index (χ2n) is 3.22. The van der Waals surface area contributed by atoms with Gasteiger partial charge in [0.1, 0.15) is 6.04 Å². The molecule has 5 heteroatoms. The van der Waals surface area contributed by atoms with E-state index >= 15 is 0 Å². The molecule has 0 saturated carbocycles. The third kappa shape index (κ3) is 3.26. The third-order valence-corrected chi connectivity index (χ3v) is 2.90. The van der Waals surface area contributed by atoms with E-state index in [0.29, 0.717) is 0 Å². The lowest BCUT2D eigenvalue weighted by Crippen LogP contribution is -2.35. The summed E-state index contributed by atoms with van der Waals surface area (Å²) in [6, 6.07) is 5.28. The Balaban J connectivity index is 2.76. The number of benzene rings is 1. The van der Waals surface area contributed by atoms with Crippen LogP contribution in [0.5, 0.6) is 0 Å². The highest BCUT2D eigenvalue weighted by Gasteiger charge is 2.11. The summed E-state index contributed by atoms with van der Waals surface area (Å²) < 4.78 is 1.00. The van der Waals surface area contributed by atoms with Gasteiger partial charge in [-0.3, -0.25) is 4.79 Å². The molecule has 0 bridgehead atoms. The average molecular weight is 319 g/mol. The minimum atomic E-state index is -0.257. The van der Waals surface area contributed by atoms with Crippen molar-refractivity contribution in [1.82, 2.24) is 5.32 Å². The Morgan fingerprint density at radius 2 is 2.20 bits per heavy atom. The van der Waals surface area contributed by atoms with Crippen molar-refractivity contribution in [2.24, 2.45) is 0 Å². The topological polar surface area (TPSA) is 67.2 Å². The maximum Gasteiger partial charge on any atom is 0.241 e. The lowest BCUT2D eigenvalue weighted by atomic mass is 10.2. The molecule has 0 aliphatic rings. The molecule has 4 nitrogen and oxygen atoms in total. The van der Waals surface area contributed by atoms with Crippen molar-refractivity contribution in [3.05, 3.63) is 21.8 Å². The number of carbonyl (C=O) groups excluding carboxylic acids is 1. The normalized spacial score (nSPS) is 11.9. The monoisotopic (exact) mass is 319 g/mol. The second kappa shape index (κ2) is 5.20. The number of hydrogen-bond donors (Lipinski definition) is 3. The minimum absolute atomic E-state index is 0.0392. The van der Waals surface area contributed by atoms with Crippen LogP contribution in [0.25, 0.3) is 0 Å². The van der Waals surface area contributed by atoms with Crippen molar-refractivity contribution in [3.8, 4) is 0 Å². The fourth-order valence-corrected chi connectivity index (χ4v) is 1.86. The fraction of sp³-hybridized carbons (Fsp3) is 0.300. The van der Waals surface area contributed by atoms with E-state index in [1.807, 2.05) is 19.1 Å². The van der Waals surface area contributed by atoms with Gasteiger partial charge in [-0.1, -0.05) is 0 Å². The van der Waals surface area contributed by atoms with E-state index in [1.54, 1.807) is 13.1 Å². The van der Waals surface area contributed by atoms with Crippen LogP contribution in [0.4, 0.5) is 11.4 Å². The number of amides is 1. The molecule has 0 heterocycles. The van der Waals surface area contributed by atoms with Gasteiger partial charge in [0.25, 0.3) is 0 Å². The number of hydrogen-bond acceptors (Lipinski definition) is 3. The first kappa shape index (κ1) is 12.1. The molecule has 1 amide bonds. The molecule has 0 radical (unpaired) electrons. The van der Waals surface area contributed by atoms with E-state index in [9.17, 15) is 4.79 Å². The van der Waals surface area contributed by atoms with Crippen LogP contribution in [0.15, 0.2) is 18.2 Å². The number of likely N-dealkylation sites (N-methyl/N-ethyl adjacent to an activating group) is 1. The smallest absolute Gasteiger partial charge is 0.241 e. The van der Waals surface area contributed by atoms with Gasteiger partial charge in [0.05, 0.1) is 0 Å². The quantitative estimate of drug-likeness (QED) is 0.583. The molecule has 0 spiro atoms. The molecule has 1 unspecified atom stereocenters. The zero-order chi connectivity index (χ0) is 11.4. The SMILES string of the molecule is CNC(=O)C(C)Nc1ccc(N)cc1I. The van der Waals surface area contributed by atoms with Crippen molar-refractivity contribution in [1.29, 1.82) is 0 Å². The van der Waals surface area contributed by atoms with E-state index in [1.165, 1.54) is 0 Å². The van der Waals surface area contributed by atoms with Gasteiger partial charge in [-0.2, -0.15) is 0 Å². The second-order valence-corrected chi connectivity index (χ2v) is 4.38. The Labute approximate surface area is 103 Å². The van der Waals surface area contributed by atoms with Crippen molar-refractivity contribution in [2.45, 2.75) is 13.0 Å². The molecule has 0 fully saturated rings. The summed E-state index contributed by atoms with van der Waals surface area (Å²) in [5, 5.41) is 5.70. The van der Waals surface area contributed by atoms with Gasteiger partial charge in [0.15, 0.2) is 0 Å². The Kier molecular flexibility index (Phi) is 4.19. The van der Waals surface area contributed by atoms with E-state index in [2.05, 4.69) is 33.2 Å². The summed E-state index contributed by atoms with van der Waals surface area (Å²) in [6.07, 6.45) is 0. The maximum absolute atomic E-state index is 11.3. The molecule has 0 aliphatic carbocycles. The first-order valence-corrected chi connectivity index (χ1v) is 5.65. The number of nitrogens with two attached hydrogens (primary N) is 1. The molecule has 1 aromatic rings. The van der Waals surface area contributed by atoms with Gasteiger partial charge < -0.3 is 16.4 Å². The van der Waals surface area contributed by atoms with Gasteiger partial charge >= 0.3 is 0 Å². The lowest BCUT2D eigenvalue weighted by molar-refractivity contribution is -0.121. The minimum Gasteiger partial charge on any atom is -0.399 e. The summed E-state index contributed by atoms with van der Waals surface area (Å²) in [5.74, 6) is -0.0392. The van der Waals surface area contributed by atoms with Gasteiger partial charge in [0, 0.05) is 22.0 Å². The Morgan fingerprint density at radius 1 is 1.53 bits per heavy atom. The highest BCUT2D eigenvalue weighted by atomic mass is 127. The van der Waals surface area contributed by atoms with Gasteiger partial charge in [-0.05, 0) is 47.7 Å².